The van der Waals surface area contributed by atoms with Crippen molar-refractivity contribution >= 4 is 29.8 Å². The zero-order chi connectivity index (χ0) is 23.9. The number of thioether (sulfide) groups is 1. The van der Waals surface area contributed by atoms with Gasteiger partial charge in [-0.3, -0.25) is 4.79 Å². The van der Waals surface area contributed by atoms with Crippen LogP contribution in [0.15, 0.2) is 23.1 Å². The monoisotopic (exact) mass is 480 g/mol. The Balaban J connectivity index is 0.000000625. The first kappa shape index (κ1) is 29.4. The van der Waals surface area contributed by atoms with Gasteiger partial charge < -0.3 is 10.1 Å². The van der Waals surface area contributed by atoms with Gasteiger partial charge in [0.15, 0.2) is 6.61 Å². The molecule has 0 heterocycles. The lowest BCUT2D eigenvalue weighted by molar-refractivity contribution is -0.153. The van der Waals surface area contributed by atoms with Gasteiger partial charge in [0.25, 0.3) is 0 Å². The first-order valence-corrected chi connectivity index (χ1v) is 11.8. The topological polar surface area (TPSA) is 62.1 Å². The van der Waals surface area contributed by atoms with Gasteiger partial charge in [-0.1, -0.05) is 52.1 Å². The lowest BCUT2D eigenvalue weighted by Gasteiger charge is -2.13. The summed E-state index contributed by atoms with van der Waals surface area (Å²) in [5.41, 5.74) is -0.470. The molecule has 0 atom stereocenters. The van der Waals surface area contributed by atoms with Crippen molar-refractivity contribution in [2.45, 2.75) is 88.1 Å². The smallest absolute Gasteiger partial charge is 0.422 e. The fourth-order valence-corrected chi connectivity index (χ4v) is 4.09. The van der Waals surface area contributed by atoms with Gasteiger partial charge >= 0.3 is 6.18 Å². The highest BCUT2D eigenvalue weighted by Crippen LogP contribution is 2.39. The molecule has 1 amide bonds. The number of rotatable bonds is 6. The largest absolute Gasteiger partial charge is 0.484 e. The van der Waals surface area contributed by atoms with Gasteiger partial charge in [-0.2, -0.15) is 18.4 Å². The first-order valence-electron chi connectivity index (χ1n) is 10.6. The quantitative estimate of drug-likeness (QED) is 0.439. The number of benzene rings is 1. The molecule has 0 unspecified atom stereocenters. The van der Waals surface area contributed by atoms with E-state index in [4.69, 9.17) is 16.9 Å². The predicted octanol–water partition coefficient (Wildman–Crippen LogP) is 7.16. The van der Waals surface area contributed by atoms with Gasteiger partial charge in [0.05, 0.1) is 11.1 Å². The lowest BCUT2D eigenvalue weighted by atomic mass is 10.3. The number of carbonyl (C=O) groups excluding carboxylic acids is 1. The molecule has 9 heteroatoms. The number of nitriles is 1. The Morgan fingerprint density at radius 1 is 1.26 bits per heavy atom. The molecule has 0 saturated heterocycles. The van der Waals surface area contributed by atoms with Crippen LogP contribution in [-0.2, 0) is 4.79 Å². The minimum atomic E-state index is -4.33. The molecule has 0 aliphatic heterocycles. The third-order valence-electron chi connectivity index (χ3n) is 4.20. The van der Waals surface area contributed by atoms with Crippen molar-refractivity contribution in [3.05, 3.63) is 23.2 Å². The molecule has 0 aromatic heterocycles. The molecule has 2 aliphatic rings. The number of halogens is 4. The molecule has 2 aliphatic carbocycles. The lowest BCUT2D eigenvalue weighted by Crippen LogP contribution is -2.27. The Labute approximate surface area is 192 Å². The van der Waals surface area contributed by atoms with Crippen LogP contribution in [0.2, 0.25) is 5.02 Å². The summed E-state index contributed by atoms with van der Waals surface area (Å²) < 4.78 is 40.7. The van der Waals surface area contributed by atoms with Crippen LogP contribution in [0, 0.1) is 11.3 Å². The molecule has 3 rings (SSSR count). The average molecular weight is 481 g/mol. The van der Waals surface area contributed by atoms with Crippen LogP contribution in [0.3, 0.4) is 0 Å². The van der Waals surface area contributed by atoms with Crippen molar-refractivity contribution in [1.82, 2.24) is 5.32 Å². The van der Waals surface area contributed by atoms with Gasteiger partial charge in [-0.25, -0.2) is 0 Å². The molecule has 1 N–H and O–H groups in total. The fourth-order valence-electron chi connectivity index (χ4n) is 2.54. The van der Waals surface area contributed by atoms with E-state index in [-0.39, 0.29) is 5.75 Å². The highest BCUT2D eigenvalue weighted by Gasteiger charge is 2.42. The van der Waals surface area contributed by atoms with E-state index >= 15 is 0 Å². The second-order valence-electron chi connectivity index (χ2n) is 6.48. The van der Waals surface area contributed by atoms with Crippen molar-refractivity contribution in [3.63, 3.8) is 0 Å². The maximum atomic E-state index is 12.0. The van der Waals surface area contributed by atoms with Crippen molar-refractivity contribution in [3.8, 4) is 11.8 Å². The van der Waals surface area contributed by atoms with Crippen LogP contribution in [0.25, 0.3) is 0 Å². The molecule has 2 saturated carbocycles. The summed E-state index contributed by atoms with van der Waals surface area (Å²) in [4.78, 5) is 10.7. The van der Waals surface area contributed by atoms with E-state index in [1.165, 1.54) is 37.8 Å². The summed E-state index contributed by atoms with van der Waals surface area (Å²) in [6.07, 6.45) is 2.69. The number of hydrogen-bond acceptors (Lipinski definition) is 4. The number of ether oxygens (including phenoxy) is 1. The van der Waals surface area contributed by atoms with Crippen LogP contribution < -0.4 is 10.1 Å². The van der Waals surface area contributed by atoms with Gasteiger partial charge in [0.2, 0.25) is 6.41 Å². The summed E-state index contributed by atoms with van der Waals surface area (Å²) in [5, 5.41) is 11.8. The standard InChI is InChI=1S/C13H14ClF3OS.C5H6N2O.2C2H6/c14-11-7-9(18-8-13(15,16)17)5-6-12(11)19-10-3-1-2-4-10;6-3-5(1-2-5)7-4-8;2*1-2/h5-7,10H,1-4,8H2;4H,1-2H2,(H,7,8);2*1-2H3. The highest BCUT2D eigenvalue weighted by molar-refractivity contribution is 8.00. The second kappa shape index (κ2) is 15.3. The maximum Gasteiger partial charge on any atom is 0.422 e. The molecule has 2 fully saturated rings. The number of carbonyl (C=O) groups is 1. The van der Waals surface area contributed by atoms with Crippen LogP contribution in [0.4, 0.5) is 13.2 Å². The van der Waals surface area contributed by atoms with Gasteiger partial charge in [0, 0.05) is 10.1 Å². The van der Waals surface area contributed by atoms with E-state index in [1.54, 1.807) is 17.8 Å². The Kier molecular flexibility index (Phi) is 14.5. The molecular weight excluding hydrogens is 449 g/mol. The van der Waals surface area contributed by atoms with E-state index in [0.29, 0.717) is 16.7 Å². The molecular formula is C22H32ClF3N2O2S. The molecule has 0 radical (unpaired) electrons. The third-order valence-corrected chi connectivity index (χ3v) is 6.04. The minimum absolute atomic E-state index is 0.151. The highest BCUT2D eigenvalue weighted by atomic mass is 35.5. The Hall–Kier alpha value is -1.59. The van der Waals surface area contributed by atoms with Gasteiger partial charge in [-0.05, 0) is 43.9 Å². The maximum absolute atomic E-state index is 12.0. The van der Waals surface area contributed by atoms with E-state index in [0.717, 1.165) is 17.7 Å². The third kappa shape index (κ3) is 12.1. The van der Waals surface area contributed by atoms with Crippen molar-refractivity contribution in [2.75, 3.05) is 6.61 Å². The van der Waals surface area contributed by atoms with Gasteiger partial charge in [-0.15, -0.1) is 11.8 Å². The number of hydrogen-bond donors (Lipinski definition) is 1. The Morgan fingerprint density at radius 2 is 1.84 bits per heavy atom. The van der Waals surface area contributed by atoms with E-state index < -0.39 is 18.3 Å². The van der Waals surface area contributed by atoms with Crippen LogP contribution in [-0.4, -0.2) is 30.0 Å². The van der Waals surface area contributed by atoms with Crippen molar-refractivity contribution < 1.29 is 22.7 Å². The Morgan fingerprint density at radius 3 is 2.23 bits per heavy atom. The number of alkyl halides is 3. The first-order chi connectivity index (χ1) is 14.8. The van der Waals surface area contributed by atoms with E-state index in [2.05, 4.69) is 10.1 Å². The number of nitrogens with one attached hydrogen (secondary N) is 1. The Bertz CT molecular complexity index is 686. The summed E-state index contributed by atoms with van der Waals surface area (Å²) in [6, 6.07) is 6.73. The molecule has 1 aromatic rings. The summed E-state index contributed by atoms with van der Waals surface area (Å²) >= 11 is 7.78. The summed E-state index contributed by atoms with van der Waals surface area (Å²) in [5.74, 6) is 0.151. The average Bonchev–Trinajstić information content (AvgIpc) is 3.35. The van der Waals surface area contributed by atoms with Crippen molar-refractivity contribution in [1.29, 1.82) is 5.26 Å². The van der Waals surface area contributed by atoms with Gasteiger partial charge in [0.1, 0.15) is 11.3 Å². The molecule has 0 bridgehead atoms. The second-order valence-corrected chi connectivity index (χ2v) is 8.23. The number of nitrogens with zero attached hydrogens (tertiary/aromatic N) is 1. The zero-order valence-electron chi connectivity index (χ0n) is 18.5. The van der Waals surface area contributed by atoms with Crippen LogP contribution in [0.1, 0.15) is 66.2 Å². The molecule has 176 valence electrons. The summed E-state index contributed by atoms with van der Waals surface area (Å²) in [6.45, 7) is 6.71. The zero-order valence-corrected chi connectivity index (χ0v) is 20.1. The molecule has 4 nitrogen and oxygen atoms in total. The molecule has 1 aromatic carbocycles. The molecule has 31 heavy (non-hydrogen) atoms. The van der Waals surface area contributed by atoms with Crippen LogP contribution >= 0.6 is 23.4 Å². The SMILES string of the molecule is CC.CC.FC(F)(F)COc1ccc(SC2CCCC2)c(Cl)c1.N#CC1(NC=O)CC1. The minimum Gasteiger partial charge on any atom is -0.484 e. The van der Waals surface area contributed by atoms with Crippen LogP contribution in [0.5, 0.6) is 5.75 Å². The number of amides is 1. The normalized spacial score (nSPS) is 16.1. The summed E-state index contributed by atoms with van der Waals surface area (Å²) in [7, 11) is 0. The fraction of sp³-hybridized carbons (Fsp3) is 0.636. The van der Waals surface area contributed by atoms with Crippen molar-refractivity contribution in [2.24, 2.45) is 0 Å². The molecule has 0 spiro atoms. The predicted molar refractivity (Wildman–Crippen MR) is 121 cm³/mol. The van der Waals surface area contributed by atoms with E-state index in [1.807, 2.05) is 33.8 Å². The van der Waals surface area contributed by atoms with E-state index in [9.17, 15) is 18.0 Å².